The minimum atomic E-state index is -0.0839. The van der Waals surface area contributed by atoms with Crippen LogP contribution in [-0.4, -0.2) is 10.5 Å². The molecular formula is C16H12BrClN2O. The van der Waals surface area contributed by atoms with Gasteiger partial charge in [0.05, 0.1) is 5.69 Å². The van der Waals surface area contributed by atoms with Gasteiger partial charge in [-0.1, -0.05) is 29.8 Å². The van der Waals surface area contributed by atoms with E-state index in [1.807, 2.05) is 59.3 Å². The van der Waals surface area contributed by atoms with Crippen LogP contribution >= 0.6 is 27.5 Å². The molecule has 1 heterocycles. The summed E-state index contributed by atoms with van der Waals surface area (Å²) in [5, 5.41) is 4.61. The Morgan fingerprint density at radius 3 is 2.81 bits per heavy atom. The van der Waals surface area contributed by atoms with Gasteiger partial charge in [0.15, 0.2) is 0 Å². The van der Waals surface area contributed by atoms with E-state index in [-0.39, 0.29) is 12.5 Å². The molecule has 1 aromatic heterocycles. The number of rotatable bonds is 3. The van der Waals surface area contributed by atoms with Crippen LogP contribution in [0.1, 0.15) is 0 Å². The van der Waals surface area contributed by atoms with E-state index in [0.29, 0.717) is 5.02 Å². The lowest BCUT2D eigenvalue weighted by Crippen LogP contribution is -2.18. The van der Waals surface area contributed by atoms with E-state index in [4.69, 9.17) is 11.6 Å². The van der Waals surface area contributed by atoms with Crippen LogP contribution in [0.2, 0.25) is 5.02 Å². The number of carbonyl (C=O) groups is 1. The number of anilines is 1. The summed E-state index contributed by atoms with van der Waals surface area (Å²) in [6.07, 6.45) is 1.89. The van der Waals surface area contributed by atoms with Crippen molar-refractivity contribution in [3.63, 3.8) is 0 Å². The lowest BCUT2D eigenvalue weighted by atomic mass is 10.2. The average Bonchev–Trinajstić information content (AvgIpc) is 2.84. The van der Waals surface area contributed by atoms with Crippen molar-refractivity contribution in [2.45, 2.75) is 6.54 Å². The molecule has 3 rings (SSSR count). The third-order valence-corrected chi connectivity index (χ3v) is 4.12. The van der Waals surface area contributed by atoms with Crippen molar-refractivity contribution in [3.05, 3.63) is 64.2 Å². The highest BCUT2D eigenvalue weighted by molar-refractivity contribution is 9.10. The maximum atomic E-state index is 12.2. The van der Waals surface area contributed by atoms with E-state index in [2.05, 4.69) is 21.2 Å². The number of nitrogens with one attached hydrogen (secondary N) is 1. The van der Waals surface area contributed by atoms with Crippen LogP contribution in [-0.2, 0) is 11.3 Å². The monoisotopic (exact) mass is 362 g/mol. The third-order valence-electron chi connectivity index (χ3n) is 3.20. The molecule has 3 nitrogen and oxygen atoms in total. The molecule has 21 heavy (non-hydrogen) atoms. The van der Waals surface area contributed by atoms with Gasteiger partial charge in [0.2, 0.25) is 5.91 Å². The number of para-hydroxylation sites is 1. The summed E-state index contributed by atoms with van der Waals surface area (Å²) in [7, 11) is 0. The van der Waals surface area contributed by atoms with Crippen LogP contribution in [0.25, 0.3) is 10.9 Å². The lowest BCUT2D eigenvalue weighted by molar-refractivity contribution is -0.116. The first-order valence-electron chi connectivity index (χ1n) is 6.42. The van der Waals surface area contributed by atoms with Gasteiger partial charge in [-0.05, 0) is 51.6 Å². The molecule has 0 aliphatic heterocycles. The highest BCUT2D eigenvalue weighted by atomic mass is 79.9. The van der Waals surface area contributed by atoms with E-state index in [1.54, 1.807) is 0 Å². The lowest BCUT2D eigenvalue weighted by Gasteiger charge is -2.09. The Kier molecular flexibility index (Phi) is 3.99. The van der Waals surface area contributed by atoms with Gasteiger partial charge in [0.1, 0.15) is 6.54 Å². The molecule has 0 radical (unpaired) electrons. The molecule has 0 spiro atoms. The molecule has 0 aliphatic rings. The average molecular weight is 364 g/mol. The number of hydrogen-bond donors (Lipinski definition) is 1. The van der Waals surface area contributed by atoms with Crippen molar-refractivity contribution in [2.24, 2.45) is 0 Å². The summed E-state index contributed by atoms with van der Waals surface area (Å²) in [6, 6.07) is 15.1. The van der Waals surface area contributed by atoms with Gasteiger partial charge in [-0.2, -0.15) is 0 Å². The first-order valence-corrected chi connectivity index (χ1v) is 7.59. The fourth-order valence-corrected chi connectivity index (χ4v) is 2.75. The van der Waals surface area contributed by atoms with Gasteiger partial charge in [-0.25, -0.2) is 0 Å². The minimum absolute atomic E-state index is 0.0839. The second kappa shape index (κ2) is 5.92. The van der Waals surface area contributed by atoms with Gasteiger partial charge in [-0.15, -0.1) is 0 Å². The van der Waals surface area contributed by atoms with E-state index in [9.17, 15) is 4.79 Å². The van der Waals surface area contributed by atoms with Gasteiger partial charge in [0.25, 0.3) is 0 Å². The third kappa shape index (κ3) is 3.12. The van der Waals surface area contributed by atoms with E-state index in [0.717, 1.165) is 21.1 Å². The molecule has 2 aromatic carbocycles. The molecule has 0 bridgehead atoms. The van der Waals surface area contributed by atoms with Crippen LogP contribution in [0, 0.1) is 0 Å². The van der Waals surface area contributed by atoms with E-state index in [1.165, 1.54) is 0 Å². The van der Waals surface area contributed by atoms with E-state index < -0.39 is 0 Å². The molecule has 0 saturated carbocycles. The van der Waals surface area contributed by atoms with Gasteiger partial charge in [-0.3, -0.25) is 4.79 Å². The maximum Gasteiger partial charge on any atom is 0.244 e. The van der Waals surface area contributed by atoms with Crippen molar-refractivity contribution >= 4 is 50.0 Å². The van der Waals surface area contributed by atoms with Crippen LogP contribution in [0.5, 0.6) is 0 Å². The van der Waals surface area contributed by atoms with Crippen LogP contribution in [0.4, 0.5) is 5.69 Å². The summed E-state index contributed by atoms with van der Waals surface area (Å²) < 4.78 is 2.74. The fourth-order valence-electron chi connectivity index (χ4n) is 2.20. The smallest absolute Gasteiger partial charge is 0.244 e. The molecule has 3 aromatic rings. The standard InChI is InChI=1S/C16H12BrClN2O/c17-13-3-1-2-4-14(13)19-16(21)10-20-8-7-11-5-6-12(18)9-15(11)20/h1-9H,10H2,(H,19,21). The zero-order valence-corrected chi connectivity index (χ0v) is 13.4. The SMILES string of the molecule is O=C(Cn1ccc2ccc(Cl)cc21)Nc1ccccc1Br. The van der Waals surface area contributed by atoms with Gasteiger partial charge < -0.3 is 9.88 Å². The number of carbonyl (C=O) groups excluding carboxylic acids is 1. The fraction of sp³-hybridized carbons (Fsp3) is 0.0625. The predicted octanol–water partition coefficient (Wildman–Crippen LogP) is 4.70. The Morgan fingerprint density at radius 2 is 2.00 bits per heavy atom. The zero-order chi connectivity index (χ0) is 14.8. The van der Waals surface area contributed by atoms with E-state index >= 15 is 0 Å². The Bertz CT molecular complexity index is 813. The number of hydrogen-bond acceptors (Lipinski definition) is 1. The Labute approximate surface area is 135 Å². The Balaban J connectivity index is 1.80. The number of halogens is 2. The highest BCUT2D eigenvalue weighted by Crippen LogP contribution is 2.22. The molecule has 0 saturated heterocycles. The van der Waals surface area contributed by atoms with Crippen molar-refractivity contribution in [2.75, 3.05) is 5.32 Å². The quantitative estimate of drug-likeness (QED) is 0.719. The summed E-state index contributed by atoms with van der Waals surface area (Å²) in [5.74, 6) is -0.0839. The zero-order valence-electron chi connectivity index (χ0n) is 11.0. The summed E-state index contributed by atoms with van der Waals surface area (Å²) in [6.45, 7) is 0.241. The van der Waals surface area contributed by atoms with Crippen molar-refractivity contribution in [1.82, 2.24) is 4.57 Å². The van der Waals surface area contributed by atoms with Crippen molar-refractivity contribution in [1.29, 1.82) is 0 Å². The van der Waals surface area contributed by atoms with Gasteiger partial charge in [0, 0.05) is 21.2 Å². The first-order chi connectivity index (χ1) is 10.1. The molecule has 106 valence electrons. The summed E-state index contributed by atoms with van der Waals surface area (Å²) >= 11 is 9.43. The number of amides is 1. The minimum Gasteiger partial charge on any atom is -0.338 e. The summed E-state index contributed by atoms with van der Waals surface area (Å²) in [5.41, 5.74) is 1.71. The number of nitrogens with zero attached hydrogens (tertiary/aromatic N) is 1. The normalized spacial score (nSPS) is 10.8. The maximum absolute atomic E-state index is 12.2. The van der Waals surface area contributed by atoms with Crippen molar-refractivity contribution < 1.29 is 4.79 Å². The number of aromatic nitrogens is 1. The molecule has 0 unspecified atom stereocenters. The second-order valence-electron chi connectivity index (χ2n) is 4.67. The molecule has 0 atom stereocenters. The van der Waals surface area contributed by atoms with Gasteiger partial charge >= 0.3 is 0 Å². The number of fused-ring (bicyclic) bond motifs is 1. The van der Waals surface area contributed by atoms with Crippen LogP contribution < -0.4 is 5.32 Å². The Morgan fingerprint density at radius 1 is 1.19 bits per heavy atom. The van der Waals surface area contributed by atoms with Crippen LogP contribution in [0.3, 0.4) is 0 Å². The molecule has 5 heteroatoms. The van der Waals surface area contributed by atoms with Crippen molar-refractivity contribution in [3.8, 4) is 0 Å². The largest absolute Gasteiger partial charge is 0.338 e. The molecule has 0 fully saturated rings. The summed E-state index contributed by atoms with van der Waals surface area (Å²) in [4.78, 5) is 12.2. The highest BCUT2D eigenvalue weighted by Gasteiger charge is 2.08. The molecule has 1 amide bonds. The molecule has 1 N–H and O–H groups in total. The van der Waals surface area contributed by atoms with Crippen LogP contribution in [0.15, 0.2) is 59.2 Å². The number of benzene rings is 2. The second-order valence-corrected chi connectivity index (χ2v) is 5.97. The topological polar surface area (TPSA) is 34.0 Å². The predicted molar refractivity (Wildman–Crippen MR) is 89.7 cm³/mol. The first kappa shape index (κ1) is 14.2. The Hall–Kier alpha value is -1.78. The molecule has 0 aliphatic carbocycles. The molecular weight excluding hydrogens is 352 g/mol.